The van der Waals surface area contributed by atoms with E-state index in [4.69, 9.17) is 4.74 Å². The Morgan fingerprint density at radius 1 is 0.914 bits per heavy atom. The van der Waals surface area contributed by atoms with Gasteiger partial charge in [0, 0.05) is 51.0 Å². The number of rotatable bonds is 6. The molecule has 0 bridgehead atoms. The Labute approximate surface area is 207 Å². The standard InChI is InChI=1S/C28H32N2O4S/c1-21(31)34-27-20-29(18-22-8-3-2-4-9-22)19-26(27)24-14-16-30(17-15-24)35(32,33)28-13-7-11-23-10-5-6-12-25(23)28/h2-13,24,26-27H,14-20H2,1H3/t26-,27+/m0/s1. The first-order chi connectivity index (χ1) is 16.9. The number of nitrogens with zero attached hydrogens (tertiary/aromatic N) is 2. The molecule has 2 aliphatic rings. The Balaban J connectivity index is 1.29. The summed E-state index contributed by atoms with van der Waals surface area (Å²) >= 11 is 0. The van der Waals surface area contributed by atoms with Crippen molar-refractivity contribution in [3.63, 3.8) is 0 Å². The monoisotopic (exact) mass is 492 g/mol. The van der Waals surface area contributed by atoms with E-state index in [0.717, 1.165) is 36.7 Å². The fourth-order valence-corrected chi connectivity index (χ4v) is 7.43. The van der Waals surface area contributed by atoms with Crippen LogP contribution in [0.25, 0.3) is 10.8 Å². The van der Waals surface area contributed by atoms with Crippen LogP contribution in [0.15, 0.2) is 77.7 Å². The number of carbonyl (C=O) groups excluding carboxylic acids is 1. The second kappa shape index (κ2) is 10.1. The van der Waals surface area contributed by atoms with Crippen molar-refractivity contribution in [2.24, 2.45) is 11.8 Å². The number of likely N-dealkylation sites (tertiary alicyclic amines) is 1. The molecule has 2 heterocycles. The first-order valence-electron chi connectivity index (χ1n) is 12.3. The molecule has 0 unspecified atom stereocenters. The van der Waals surface area contributed by atoms with Gasteiger partial charge in [0.05, 0.1) is 4.90 Å². The zero-order chi connectivity index (χ0) is 24.4. The van der Waals surface area contributed by atoms with Gasteiger partial charge in [0.15, 0.2) is 0 Å². The van der Waals surface area contributed by atoms with Crippen LogP contribution in [-0.4, -0.2) is 55.9 Å². The maximum Gasteiger partial charge on any atom is 0.302 e. The van der Waals surface area contributed by atoms with E-state index in [0.29, 0.717) is 30.4 Å². The Morgan fingerprint density at radius 2 is 1.60 bits per heavy atom. The third-order valence-corrected chi connectivity index (χ3v) is 9.38. The van der Waals surface area contributed by atoms with Crippen molar-refractivity contribution in [1.82, 2.24) is 9.21 Å². The lowest BCUT2D eigenvalue weighted by molar-refractivity contribution is -0.148. The van der Waals surface area contributed by atoms with E-state index in [1.165, 1.54) is 12.5 Å². The van der Waals surface area contributed by atoms with Gasteiger partial charge in [0.25, 0.3) is 0 Å². The lowest BCUT2D eigenvalue weighted by Crippen LogP contribution is -2.42. The van der Waals surface area contributed by atoms with E-state index >= 15 is 0 Å². The number of hydrogen-bond acceptors (Lipinski definition) is 5. The molecule has 0 aliphatic carbocycles. The van der Waals surface area contributed by atoms with E-state index in [1.807, 2.05) is 54.6 Å². The summed E-state index contributed by atoms with van der Waals surface area (Å²) < 4.78 is 34.5. The summed E-state index contributed by atoms with van der Waals surface area (Å²) in [6, 6.07) is 23.4. The third kappa shape index (κ3) is 5.13. The van der Waals surface area contributed by atoms with Gasteiger partial charge in [-0.15, -0.1) is 0 Å². The molecule has 184 valence electrons. The van der Waals surface area contributed by atoms with Crippen LogP contribution in [0.4, 0.5) is 0 Å². The van der Waals surface area contributed by atoms with Crippen LogP contribution < -0.4 is 0 Å². The smallest absolute Gasteiger partial charge is 0.302 e. The molecule has 3 aromatic rings. The molecule has 6 nitrogen and oxygen atoms in total. The van der Waals surface area contributed by atoms with Crippen LogP contribution in [0.1, 0.15) is 25.3 Å². The average Bonchev–Trinajstić information content (AvgIpc) is 3.25. The fourth-order valence-electron chi connectivity index (χ4n) is 5.75. The Bertz CT molecular complexity index is 1280. The SMILES string of the molecule is CC(=O)O[C@@H]1CN(Cc2ccccc2)C[C@H]1C1CCN(S(=O)(=O)c2cccc3ccccc23)CC1. The molecule has 3 aromatic carbocycles. The fraction of sp³-hybridized carbons (Fsp3) is 0.393. The van der Waals surface area contributed by atoms with Crippen LogP contribution in [-0.2, 0) is 26.1 Å². The molecule has 7 heteroatoms. The molecule has 2 fully saturated rings. The van der Waals surface area contributed by atoms with Crippen molar-refractivity contribution in [3.8, 4) is 0 Å². The second-order valence-corrected chi connectivity index (χ2v) is 11.6. The highest BCUT2D eigenvalue weighted by Gasteiger charge is 2.42. The van der Waals surface area contributed by atoms with Crippen molar-refractivity contribution in [3.05, 3.63) is 78.4 Å². The number of esters is 1. The van der Waals surface area contributed by atoms with Crippen molar-refractivity contribution >= 4 is 26.8 Å². The molecule has 2 aliphatic heterocycles. The van der Waals surface area contributed by atoms with Gasteiger partial charge >= 0.3 is 5.97 Å². The molecule has 0 saturated carbocycles. The minimum atomic E-state index is -3.58. The summed E-state index contributed by atoms with van der Waals surface area (Å²) in [5.74, 6) is 0.279. The predicted octanol–water partition coefficient (Wildman–Crippen LogP) is 4.30. The minimum Gasteiger partial charge on any atom is -0.461 e. The van der Waals surface area contributed by atoms with E-state index in [-0.39, 0.29) is 18.0 Å². The average molecular weight is 493 g/mol. The second-order valence-electron chi connectivity index (χ2n) is 9.71. The lowest BCUT2D eigenvalue weighted by Gasteiger charge is -2.35. The quantitative estimate of drug-likeness (QED) is 0.480. The number of piperidine rings is 1. The maximum absolute atomic E-state index is 13.5. The van der Waals surface area contributed by atoms with Gasteiger partial charge in [-0.25, -0.2) is 8.42 Å². The topological polar surface area (TPSA) is 66.9 Å². The van der Waals surface area contributed by atoms with Crippen LogP contribution in [0.3, 0.4) is 0 Å². The molecule has 0 amide bonds. The van der Waals surface area contributed by atoms with E-state index in [1.54, 1.807) is 10.4 Å². The number of ether oxygens (including phenoxy) is 1. The van der Waals surface area contributed by atoms with Crippen LogP contribution in [0.5, 0.6) is 0 Å². The van der Waals surface area contributed by atoms with Crippen molar-refractivity contribution in [2.75, 3.05) is 26.2 Å². The molecule has 2 atom stereocenters. The number of carbonyl (C=O) groups is 1. The summed E-state index contributed by atoms with van der Waals surface area (Å²) in [5, 5.41) is 1.69. The maximum atomic E-state index is 13.5. The van der Waals surface area contributed by atoms with Gasteiger partial charge in [0.1, 0.15) is 6.10 Å². The molecule has 0 spiro atoms. The molecular formula is C28H32N2O4S. The number of sulfonamides is 1. The summed E-state index contributed by atoms with van der Waals surface area (Å²) in [6.07, 6.45) is 1.39. The Kier molecular flexibility index (Phi) is 6.91. The minimum absolute atomic E-state index is 0.151. The van der Waals surface area contributed by atoms with Gasteiger partial charge in [0.2, 0.25) is 10.0 Å². The van der Waals surface area contributed by atoms with Gasteiger partial charge in [-0.2, -0.15) is 4.31 Å². The first kappa shape index (κ1) is 24.0. The third-order valence-electron chi connectivity index (χ3n) is 7.42. The summed E-state index contributed by atoms with van der Waals surface area (Å²) in [7, 11) is -3.58. The van der Waals surface area contributed by atoms with Gasteiger partial charge in [-0.05, 0) is 35.8 Å². The lowest BCUT2D eigenvalue weighted by atomic mass is 9.83. The number of fused-ring (bicyclic) bond motifs is 1. The van der Waals surface area contributed by atoms with Crippen molar-refractivity contribution < 1.29 is 17.9 Å². The van der Waals surface area contributed by atoms with Crippen LogP contribution in [0.2, 0.25) is 0 Å². The molecule has 0 aromatic heterocycles. The van der Waals surface area contributed by atoms with Crippen molar-refractivity contribution in [1.29, 1.82) is 0 Å². The normalized spacial score (nSPS) is 22.4. The van der Waals surface area contributed by atoms with E-state index in [9.17, 15) is 13.2 Å². The number of hydrogen-bond donors (Lipinski definition) is 0. The van der Waals surface area contributed by atoms with Crippen LogP contribution >= 0.6 is 0 Å². The summed E-state index contributed by atoms with van der Waals surface area (Å²) in [6.45, 7) is 4.83. The highest BCUT2D eigenvalue weighted by atomic mass is 32.2. The highest BCUT2D eigenvalue weighted by Crippen LogP contribution is 2.36. The first-order valence-corrected chi connectivity index (χ1v) is 13.8. The molecule has 5 rings (SSSR count). The Morgan fingerprint density at radius 3 is 2.34 bits per heavy atom. The van der Waals surface area contributed by atoms with Gasteiger partial charge < -0.3 is 4.74 Å². The molecular weight excluding hydrogens is 460 g/mol. The Hall–Kier alpha value is -2.74. The molecule has 0 radical (unpaired) electrons. The van der Waals surface area contributed by atoms with Gasteiger partial charge in [-0.3, -0.25) is 9.69 Å². The summed E-state index contributed by atoms with van der Waals surface area (Å²) in [4.78, 5) is 14.5. The van der Waals surface area contributed by atoms with Crippen LogP contribution in [0, 0.1) is 11.8 Å². The van der Waals surface area contributed by atoms with E-state index in [2.05, 4.69) is 17.0 Å². The van der Waals surface area contributed by atoms with Crippen molar-refractivity contribution in [2.45, 2.75) is 37.3 Å². The highest BCUT2D eigenvalue weighted by molar-refractivity contribution is 7.89. The number of benzene rings is 3. The molecule has 35 heavy (non-hydrogen) atoms. The summed E-state index contributed by atoms with van der Waals surface area (Å²) in [5.41, 5.74) is 1.24. The van der Waals surface area contributed by atoms with E-state index < -0.39 is 10.0 Å². The zero-order valence-corrected chi connectivity index (χ0v) is 20.9. The zero-order valence-electron chi connectivity index (χ0n) is 20.0. The molecule has 2 saturated heterocycles. The predicted molar refractivity (Wildman–Crippen MR) is 136 cm³/mol. The van der Waals surface area contributed by atoms with Gasteiger partial charge in [-0.1, -0.05) is 66.7 Å². The molecule has 0 N–H and O–H groups in total. The largest absolute Gasteiger partial charge is 0.461 e.